The summed E-state index contributed by atoms with van der Waals surface area (Å²) in [6, 6.07) is 6.58. The Labute approximate surface area is 105 Å². The maximum Gasteiger partial charge on any atom is 0.321 e. The summed E-state index contributed by atoms with van der Waals surface area (Å²) in [5.74, 6) is 0.482. The van der Waals surface area contributed by atoms with Crippen molar-refractivity contribution in [3.63, 3.8) is 0 Å². The van der Waals surface area contributed by atoms with Crippen LogP contribution in [0.3, 0.4) is 0 Å². The Morgan fingerprint density at radius 3 is 2.89 bits per heavy atom. The molecule has 0 atom stereocenters. The number of carbonyl (C=O) groups excluding carboxylic acids is 1. The molecule has 0 aromatic heterocycles. The SMILES string of the molecule is CN(C)C(=O)Nc1cccc(OCC(N)=NO)c1. The third-order valence-electron chi connectivity index (χ3n) is 2.01. The molecule has 0 unspecified atom stereocenters. The van der Waals surface area contributed by atoms with Crippen LogP contribution in [0, 0.1) is 0 Å². The van der Waals surface area contributed by atoms with Gasteiger partial charge >= 0.3 is 6.03 Å². The fourth-order valence-electron chi connectivity index (χ4n) is 1.09. The van der Waals surface area contributed by atoms with Gasteiger partial charge in [0.25, 0.3) is 0 Å². The number of hydrogen-bond donors (Lipinski definition) is 3. The van der Waals surface area contributed by atoms with E-state index in [0.29, 0.717) is 11.4 Å². The smallest absolute Gasteiger partial charge is 0.321 e. The number of hydrogen-bond acceptors (Lipinski definition) is 4. The minimum Gasteiger partial charge on any atom is -0.485 e. The van der Waals surface area contributed by atoms with Gasteiger partial charge in [0.2, 0.25) is 0 Å². The summed E-state index contributed by atoms with van der Waals surface area (Å²) in [6.07, 6.45) is 0. The van der Waals surface area contributed by atoms with E-state index >= 15 is 0 Å². The number of nitrogens with zero attached hydrogens (tertiary/aromatic N) is 2. The number of nitrogens with one attached hydrogen (secondary N) is 1. The molecule has 0 saturated heterocycles. The highest BCUT2D eigenvalue weighted by Gasteiger charge is 2.04. The number of carbonyl (C=O) groups is 1. The van der Waals surface area contributed by atoms with Gasteiger partial charge in [0, 0.05) is 25.8 Å². The maximum atomic E-state index is 11.4. The minimum atomic E-state index is -0.233. The van der Waals surface area contributed by atoms with E-state index in [4.69, 9.17) is 15.7 Å². The molecule has 1 aromatic carbocycles. The summed E-state index contributed by atoms with van der Waals surface area (Å²) >= 11 is 0. The van der Waals surface area contributed by atoms with Crippen LogP contribution in [0.4, 0.5) is 10.5 Å². The Bertz CT molecular complexity index is 446. The molecule has 2 amide bonds. The average molecular weight is 252 g/mol. The van der Waals surface area contributed by atoms with E-state index < -0.39 is 0 Å². The molecule has 0 fully saturated rings. The Hall–Kier alpha value is -2.44. The normalized spacial score (nSPS) is 10.9. The van der Waals surface area contributed by atoms with Gasteiger partial charge in [-0.05, 0) is 12.1 Å². The standard InChI is InChI=1S/C11H16N4O3/c1-15(2)11(16)13-8-4-3-5-9(6-8)18-7-10(12)14-17/h3-6,17H,7H2,1-2H3,(H2,12,14)(H,13,16). The van der Waals surface area contributed by atoms with Crippen LogP contribution in [-0.4, -0.2) is 42.7 Å². The second-order valence-electron chi connectivity index (χ2n) is 3.73. The molecule has 0 radical (unpaired) electrons. The summed E-state index contributed by atoms with van der Waals surface area (Å²) in [6.45, 7) is -0.0262. The van der Waals surface area contributed by atoms with E-state index in [1.807, 2.05) is 0 Å². The van der Waals surface area contributed by atoms with E-state index in [0.717, 1.165) is 0 Å². The topological polar surface area (TPSA) is 100 Å². The van der Waals surface area contributed by atoms with Crippen LogP contribution >= 0.6 is 0 Å². The highest BCUT2D eigenvalue weighted by atomic mass is 16.5. The lowest BCUT2D eigenvalue weighted by Crippen LogP contribution is -2.27. The van der Waals surface area contributed by atoms with Crippen LogP contribution in [-0.2, 0) is 0 Å². The lowest BCUT2D eigenvalue weighted by atomic mass is 10.3. The van der Waals surface area contributed by atoms with E-state index in [9.17, 15) is 4.79 Å². The van der Waals surface area contributed by atoms with Crippen LogP contribution in [0.25, 0.3) is 0 Å². The quantitative estimate of drug-likeness (QED) is 0.321. The third kappa shape index (κ3) is 4.20. The van der Waals surface area contributed by atoms with Crippen molar-refractivity contribution in [2.45, 2.75) is 0 Å². The number of ether oxygens (including phenoxy) is 1. The molecule has 1 rings (SSSR count). The number of rotatable bonds is 4. The summed E-state index contributed by atoms with van der Waals surface area (Å²) < 4.78 is 5.26. The van der Waals surface area contributed by atoms with E-state index in [2.05, 4.69) is 10.5 Å². The first-order valence-electron chi connectivity index (χ1n) is 5.20. The fraction of sp³-hybridized carbons (Fsp3) is 0.273. The van der Waals surface area contributed by atoms with Gasteiger partial charge < -0.3 is 25.9 Å². The van der Waals surface area contributed by atoms with Gasteiger partial charge in [-0.15, -0.1) is 0 Å². The monoisotopic (exact) mass is 252 g/mol. The number of urea groups is 1. The Morgan fingerprint density at radius 1 is 1.56 bits per heavy atom. The summed E-state index contributed by atoms with van der Waals surface area (Å²) in [5.41, 5.74) is 5.88. The Morgan fingerprint density at radius 2 is 2.28 bits per heavy atom. The first-order valence-corrected chi connectivity index (χ1v) is 5.20. The first-order chi connectivity index (χ1) is 8.52. The maximum absolute atomic E-state index is 11.4. The molecule has 4 N–H and O–H groups in total. The fourth-order valence-corrected chi connectivity index (χ4v) is 1.09. The van der Waals surface area contributed by atoms with Crippen LogP contribution in [0.15, 0.2) is 29.4 Å². The predicted molar refractivity (Wildman–Crippen MR) is 68.1 cm³/mol. The molecular formula is C11H16N4O3. The predicted octanol–water partition coefficient (Wildman–Crippen LogP) is 0.905. The first kappa shape index (κ1) is 13.6. The summed E-state index contributed by atoms with van der Waals surface area (Å²) in [7, 11) is 3.29. The van der Waals surface area contributed by atoms with E-state index in [1.165, 1.54) is 4.90 Å². The highest BCUT2D eigenvalue weighted by molar-refractivity contribution is 5.89. The molecular weight excluding hydrogens is 236 g/mol. The van der Waals surface area contributed by atoms with Crippen molar-refractivity contribution in [3.05, 3.63) is 24.3 Å². The number of nitrogens with two attached hydrogens (primary N) is 1. The minimum absolute atomic E-state index is 0.0262. The zero-order chi connectivity index (χ0) is 13.5. The number of amidine groups is 1. The summed E-state index contributed by atoms with van der Waals surface area (Å²) in [4.78, 5) is 12.9. The molecule has 0 spiro atoms. The van der Waals surface area contributed by atoms with E-state index in [1.54, 1.807) is 38.4 Å². The molecule has 7 heteroatoms. The molecule has 0 aliphatic carbocycles. The van der Waals surface area contributed by atoms with Crippen molar-refractivity contribution in [2.24, 2.45) is 10.9 Å². The molecule has 98 valence electrons. The number of oxime groups is 1. The average Bonchev–Trinajstić information content (AvgIpc) is 2.36. The lowest BCUT2D eigenvalue weighted by Gasteiger charge is -2.12. The third-order valence-corrected chi connectivity index (χ3v) is 2.01. The second kappa shape index (κ2) is 6.33. The van der Waals surface area contributed by atoms with Crippen LogP contribution in [0.2, 0.25) is 0 Å². The molecule has 0 saturated carbocycles. The second-order valence-corrected chi connectivity index (χ2v) is 3.73. The molecule has 0 aliphatic rings. The van der Waals surface area contributed by atoms with Crippen molar-refractivity contribution in [1.29, 1.82) is 0 Å². The molecule has 0 heterocycles. The Balaban J connectivity index is 2.65. The van der Waals surface area contributed by atoms with Gasteiger partial charge in [0.1, 0.15) is 12.4 Å². The zero-order valence-corrected chi connectivity index (χ0v) is 10.3. The van der Waals surface area contributed by atoms with Gasteiger partial charge in [-0.25, -0.2) is 4.79 Å². The van der Waals surface area contributed by atoms with Crippen molar-refractivity contribution < 1.29 is 14.7 Å². The number of benzene rings is 1. The van der Waals surface area contributed by atoms with Crippen molar-refractivity contribution in [1.82, 2.24) is 4.90 Å². The van der Waals surface area contributed by atoms with Crippen LogP contribution in [0.1, 0.15) is 0 Å². The molecule has 7 nitrogen and oxygen atoms in total. The molecule has 0 bridgehead atoms. The van der Waals surface area contributed by atoms with Crippen molar-refractivity contribution in [2.75, 3.05) is 26.0 Å². The molecule has 1 aromatic rings. The number of anilines is 1. The summed E-state index contributed by atoms with van der Waals surface area (Å²) in [5, 5.41) is 13.8. The zero-order valence-electron chi connectivity index (χ0n) is 10.3. The van der Waals surface area contributed by atoms with Crippen LogP contribution in [0.5, 0.6) is 5.75 Å². The highest BCUT2D eigenvalue weighted by Crippen LogP contribution is 2.17. The number of amides is 2. The Kier molecular flexibility index (Phi) is 4.79. The van der Waals surface area contributed by atoms with Crippen molar-refractivity contribution in [3.8, 4) is 5.75 Å². The lowest BCUT2D eigenvalue weighted by molar-refractivity contribution is 0.230. The van der Waals surface area contributed by atoms with Gasteiger partial charge in [0.05, 0.1) is 0 Å². The van der Waals surface area contributed by atoms with Gasteiger partial charge in [0.15, 0.2) is 5.84 Å². The molecule has 0 aliphatic heterocycles. The van der Waals surface area contributed by atoms with Gasteiger partial charge in [-0.2, -0.15) is 0 Å². The van der Waals surface area contributed by atoms with Gasteiger partial charge in [-0.1, -0.05) is 11.2 Å². The van der Waals surface area contributed by atoms with E-state index in [-0.39, 0.29) is 18.5 Å². The molecule has 18 heavy (non-hydrogen) atoms. The van der Waals surface area contributed by atoms with Gasteiger partial charge in [-0.3, -0.25) is 0 Å². The largest absolute Gasteiger partial charge is 0.485 e. The van der Waals surface area contributed by atoms with Crippen molar-refractivity contribution >= 4 is 17.6 Å². The van der Waals surface area contributed by atoms with Crippen LogP contribution < -0.4 is 15.8 Å².